The molecule has 4 rings (SSSR count). The summed E-state index contributed by atoms with van der Waals surface area (Å²) in [7, 11) is 0. The molecule has 2 atom stereocenters. The van der Waals surface area contributed by atoms with Gasteiger partial charge in [-0.3, -0.25) is 4.98 Å². The van der Waals surface area contributed by atoms with Gasteiger partial charge < -0.3 is 19.1 Å². The minimum atomic E-state index is -0.669. The largest absolute Gasteiger partial charge is 0.444 e. The van der Waals surface area contributed by atoms with Crippen LogP contribution in [0.3, 0.4) is 0 Å². The molecule has 0 saturated carbocycles. The normalized spacial score (nSPS) is 24.5. The van der Waals surface area contributed by atoms with Crippen molar-refractivity contribution < 1.29 is 27.8 Å². The summed E-state index contributed by atoms with van der Waals surface area (Å²) in [5, 5.41) is 0. The van der Waals surface area contributed by atoms with Crippen LogP contribution in [0.2, 0.25) is 0 Å². The number of aromatic nitrogens is 1. The molecule has 8 heteroatoms. The Morgan fingerprint density at radius 2 is 1.97 bits per heavy atom. The van der Waals surface area contributed by atoms with Crippen LogP contribution in [0, 0.1) is 11.6 Å². The van der Waals surface area contributed by atoms with Crippen molar-refractivity contribution in [3.63, 3.8) is 0 Å². The molecular formula is C27H34F2N2O4. The molecule has 6 nitrogen and oxygen atoms in total. The average Bonchev–Trinajstić information content (AvgIpc) is 3.23. The zero-order valence-electron chi connectivity index (χ0n) is 20.7. The van der Waals surface area contributed by atoms with E-state index in [1.807, 2.05) is 20.8 Å². The fourth-order valence-corrected chi connectivity index (χ4v) is 5.08. The van der Waals surface area contributed by atoms with Crippen LogP contribution in [0.15, 0.2) is 42.6 Å². The highest BCUT2D eigenvalue weighted by molar-refractivity contribution is 5.68. The predicted molar refractivity (Wildman–Crippen MR) is 127 cm³/mol. The van der Waals surface area contributed by atoms with Gasteiger partial charge in [0.2, 0.25) is 0 Å². The van der Waals surface area contributed by atoms with Gasteiger partial charge in [-0.1, -0.05) is 12.1 Å². The maximum absolute atomic E-state index is 13.9. The first-order chi connectivity index (χ1) is 16.6. The van der Waals surface area contributed by atoms with Crippen LogP contribution >= 0.6 is 0 Å². The van der Waals surface area contributed by atoms with Crippen LogP contribution in [-0.4, -0.2) is 53.5 Å². The van der Waals surface area contributed by atoms with E-state index in [0.717, 1.165) is 12.1 Å². The zero-order chi connectivity index (χ0) is 25.1. The molecule has 2 fully saturated rings. The molecule has 0 unspecified atom stereocenters. The van der Waals surface area contributed by atoms with E-state index in [0.29, 0.717) is 51.2 Å². The summed E-state index contributed by atoms with van der Waals surface area (Å²) in [5.41, 5.74) is -0.0480. The average molecular weight is 489 g/mol. The number of nitrogens with zero attached hydrogens (tertiary/aromatic N) is 2. The van der Waals surface area contributed by atoms with Crippen LogP contribution in [0.25, 0.3) is 0 Å². The van der Waals surface area contributed by atoms with Gasteiger partial charge in [-0.2, -0.15) is 0 Å². The number of amides is 1. The van der Waals surface area contributed by atoms with E-state index in [1.54, 1.807) is 23.1 Å². The number of ether oxygens (including phenoxy) is 3. The summed E-state index contributed by atoms with van der Waals surface area (Å²) in [6, 6.07) is 9.38. The Morgan fingerprint density at radius 1 is 1.14 bits per heavy atom. The van der Waals surface area contributed by atoms with Crippen molar-refractivity contribution in [2.45, 2.75) is 69.6 Å². The Morgan fingerprint density at radius 3 is 2.63 bits per heavy atom. The molecular weight excluding hydrogens is 454 g/mol. The summed E-state index contributed by atoms with van der Waals surface area (Å²) in [6.45, 7) is 7.70. The minimum absolute atomic E-state index is 0.213. The van der Waals surface area contributed by atoms with Crippen LogP contribution in [0.4, 0.5) is 13.6 Å². The van der Waals surface area contributed by atoms with E-state index >= 15 is 0 Å². The zero-order valence-corrected chi connectivity index (χ0v) is 20.7. The molecule has 2 aliphatic rings. The van der Waals surface area contributed by atoms with Gasteiger partial charge in [-0.15, -0.1) is 0 Å². The fraction of sp³-hybridized carbons (Fsp3) is 0.556. The van der Waals surface area contributed by atoms with Gasteiger partial charge >= 0.3 is 6.09 Å². The maximum atomic E-state index is 13.9. The van der Waals surface area contributed by atoms with Crippen LogP contribution < -0.4 is 0 Å². The van der Waals surface area contributed by atoms with E-state index in [2.05, 4.69) is 4.98 Å². The number of hydrogen-bond donors (Lipinski definition) is 0. The van der Waals surface area contributed by atoms with Crippen molar-refractivity contribution in [1.82, 2.24) is 9.88 Å². The van der Waals surface area contributed by atoms with Crippen molar-refractivity contribution in [1.29, 1.82) is 0 Å². The molecule has 35 heavy (non-hydrogen) atoms. The molecule has 3 heterocycles. The van der Waals surface area contributed by atoms with E-state index < -0.39 is 28.5 Å². The third-order valence-electron chi connectivity index (χ3n) is 6.76. The maximum Gasteiger partial charge on any atom is 0.410 e. The first-order valence-electron chi connectivity index (χ1n) is 12.1. The molecule has 0 aliphatic carbocycles. The molecule has 0 bridgehead atoms. The van der Waals surface area contributed by atoms with Crippen molar-refractivity contribution >= 4 is 6.09 Å². The number of hydrogen-bond acceptors (Lipinski definition) is 5. The highest BCUT2D eigenvalue weighted by Crippen LogP contribution is 2.46. The number of carbonyl (C=O) groups is 1. The van der Waals surface area contributed by atoms with Crippen LogP contribution in [-0.2, 0) is 26.2 Å². The van der Waals surface area contributed by atoms with Gasteiger partial charge in [0.15, 0.2) is 0 Å². The van der Waals surface area contributed by atoms with E-state index in [1.165, 1.54) is 24.4 Å². The molecule has 2 aliphatic heterocycles. The molecule has 2 aromatic rings. The standard InChI is InChI=1S/C27H34F2N2O4/c1-25(2,3)35-24(32)31(17-20-5-4-6-21(28)15-20)12-9-26(23-8-7-22(29)16-30-23)10-14-34-27(18-26)11-13-33-19-27/h4-8,15-16H,9-14,17-19H2,1-3H3/t26-,27-/m1/s1. The quantitative estimate of drug-likeness (QED) is 0.545. The smallest absolute Gasteiger partial charge is 0.410 e. The van der Waals surface area contributed by atoms with Gasteiger partial charge in [0.05, 0.1) is 18.4 Å². The molecule has 1 aromatic heterocycles. The fourth-order valence-electron chi connectivity index (χ4n) is 5.08. The molecule has 2 saturated heterocycles. The topological polar surface area (TPSA) is 60.9 Å². The predicted octanol–water partition coefficient (Wildman–Crippen LogP) is 5.39. The lowest BCUT2D eigenvalue weighted by Gasteiger charge is -2.46. The Kier molecular flexibility index (Phi) is 7.43. The van der Waals surface area contributed by atoms with E-state index in [-0.39, 0.29) is 12.4 Å². The second-order valence-corrected chi connectivity index (χ2v) is 10.7. The van der Waals surface area contributed by atoms with Crippen LogP contribution in [0.1, 0.15) is 57.7 Å². The highest BCUT2D eigenvalue weighted by atomic mass is 19.1. The second-order valence-electron chi connectivity index (χ2n) is 10.7. The number of pyridine rings is 1. The van der Waals surface area contributed by atoms with Gasteiger partial charge in [-0.05, 0) is 69.9 Å². The summed E-state index contributed by atoms with van der Waals surface area (Å²) in [4.78, 5) is 19.2. The lowest BCUT2D eigenvalue weighted by atomic mass is 9.68. The Hall–Kier alpha value is -2.58. The van der Waals surface area contributed by atoms with Gasteiger partial charge in [0.1, 0.15) is 17.2 Å². The molecule has 1 aromatic carbocycles. The van der Waals surface area contributed by atoms with Gasteiger partial charge in [-0.25, -0.2) is 13.6 Å². The summed E-state index contributed by atoms with van der Waals surface area (Å²) in [5.74, 6) is -0.748. The summed E-state index contributed by atoms with van der Waals surface area (Å²) in [6.07, 6.45) is 3.49. The SMILES string of the molecule is CC(C)(C)OC(=O)N(CC[C@@]1(c2ccc(F)cn2)CCO[C@]2(CCOC2)C1)Cc1cccc(F)c1. The molecule has 0 radical (unpaired) electrons. The molecule has 1 spiro atoms. The monoisotopic (exact) mass is 488 g/mol. The van der Waals surface area contributed by atoms with Crippen molar-refractivity contribution in [2.24, 2.45) is 0 Å². The second kappa shape index (κ2) is 10.2. The number of halogens is 2. The highest BCUT2D eigenvalue weighted by Gasteiger charge is 2.49. The Labute approximate surface area is 205 Å². The summed E-state index contributed by atoms with van der Waals surface area (Å²) >= 11 is 0. The van der Waals surface area contributed by atoms with E-state index in [4.69, 9.17) is 14.2 Å². The number of benzene rings is 1. The summed E-state index contributed by atoms with van der Waals surface area (Å²) < 4.78 is 45.1. The Balaban J connectivity index is 1.61. The lowest BCUT2D eigenvalue weighted by Crippen LogP contribution is -2.50. The third kappa shape index (κ3) is 6.35. The molecule has 190 valence electrons. The van der Waals surface area contributed by atoms with Gasteiger partial charge in [0, 0.05) is 43.8 Å². The lowest BCUT2D eigenvalue weighted by molar-refractivity contribution is -0.110. The van der Waals surface area contributed by atoms with Gasteiger partial charge in [0.25, 0.3) is 0 Å². The van der Waals surface area contributed by atoms with Crippen molar-refractivity contribution in [3.05, 3.63) is 65.5 Å². The molecule has 1 amide bonds. The Bertz CT molecular complexity index is 1020. The number of carbonyl (C=O) groups excluding carboxylic acids is 1. The number of rotatable bonds is 6. The van der Waals surface area contributed by atoms with Crippen molar-refractivity contribution in [3.8, 4) is 0 Å². The third-order valence-corrected chi connectivity index (χ3v) is 6.76. The molecule has 0 N–H and O–H groups in total. The van der Waals surface area contributed by atoms with Crippen LogP contribution in [0.5, 0.6) is 0 Å². The minimum Gasteiger partial charge on any atom is -0.444 e. The first kappa shape index (κ1) is 25.5. The first-order valence-corrected chi connectivity index (χ1v) is 12.1. The van der Waals surface area contributed by atoms with Crippen molar-refractivity contribution in [2.75, 3.05) is 26.4 Å². The van der Waals surface area contributed by atoms with E-state index in [9.17, 15) is 13.6 Å².